The van der Waals surface area contributed by atoms with E-state index in [1.165, 1.54) is 0 Å². The van der Waals surface area contributed by atoms with Crippen LogP contribution in [0.15, 0.2) is 42.5 Å². The van der Waals surface area contributed by atoms with E-state index in [4.69, 9.17) is 9.05 Å². The van der Waals surface area contributed by atoms with Crippen molar-refractivity contribution in [2.24, 2.45) is 0 Å². The predicted octanol–water partition coefficient (Wildman–Crippen LogP) is 5.81. The summed E-state index contributed by atoms with van der Waals surface area (Å²) in [5.74, 6) is 0. The van der Waals surface area contributed by atoms with Gasteiger partial charge in [-0.3, -0.25) is 9.36 Å². The number of rotatable bonds is 10. The number of unbranched alkanes of at least 4 members (excludes halogenated alkanes) is 2. The maximum Gasteiger partial charge on any atom is 0.401 e. The fourth-order valence-electron chi connectivity index (χ4n) is 2.37. The Morgan fingerprint density at radius 2 is 1.50 bits per heavy atom. The molecule has 0 atom stereocenters. The fourth-order valence-corrected chi connectivity index (χ4v) is 3.91. The first-order valence-corrected chi connectivity index (χ1v) is 10.1. The SMILES string of the molecule is CCCCOP(=O)(OCCCC)C(=O)c1cccc2ccccc12. The molecule has 2 aromatic rings. The third kappa shape index (κ3) is 4.54. The van der Waals surface area contributed by atoms with Gasteiger partial charge in [-0.25, -0.2) is 0 Å². The topological polar surface area (TPSA) is 52.6 Å². The van der Waals surface area contributed by atoms with Crippen molar-refractivity contribution in [3.05, 3.63) is 48.0 Å². The molecule has 0 N–H and O–H groups in total. The zero-order valence-corrected chi connectivity index (χ0v) is 15.3. The molecule has 0 aliphatic heterocycles. The van der Waals surface area contributed by atoms with E-state index in [1.807, 2.05) is 44.2 Å². The lowest BCUT2D eigenvalue weighted by Gasteiger charge is -2.18. The molecule has 0 saturated heterocycles. The first-order valence-electron chi connectivity index (χ1n) is 8.54. The van der Waals surface area contributed by atoms with Gasteiger partial charge >= 0.3 is 7.60 Å². The number of fused-ring (bicyclic) bond motifs is 1. The standard InChI is InChI=1S/C19H25O4P/c1-3-5-14-22-24(21,23-15-6-4-2)19(20)18-13-9-11-16-10-7-8-12-17(16)18/h7-13H,3-6,14-15H2,1-2H3. The monoisotopic (exact) mass is 348 g/mol. The first-order chi connectivity index (χ1) is 11.6. The van der Waals surface area contributed by atoms with Crippen LogP contribution in [0.25, 0.3) is 10.8 Å². The average Bonchev–Trinajstić information content (AvgIpc) is 2.61. The summed E-state index contributed by atoms with van der Waals surface area (Å²) in [6.45, 7) is 4.55. The molecule has 0 spiro atoms. The van der Waals surface area contributed by atoms with Gasteiger partial charge in [0.2, 0.25) is 0 Å². The van der Waals surface area contributed by atoms with Crippen LogP contribution < -0.4 is 0 Å². The van der Waals surface area contributed by atoms with E-state index < -0.39 is 13.1 Å². The molecular formula is C19H25O4P. The van der Waals surface area contributed by atoms with Crippen LogP contribution in [0.3, 0.4) is 0 Å². The molecule has 5 heteroatoms. The van der Waals surface area contributed by atoms with Crippen LogP contribution in [0.5, 0.6) is 0 Å². The molecule has 0 amide bonds. The summed E-state index contributed by atoms with van der Waals surface area (Å²) in [6.07, 6.45) is 3.28. The molecule has 2 rings (SSSR count). The minimum Gasteiger partial charge on any atom is -0.303 e. The Labute approximate surface area is 143 Å². The lowest BCUT2D eigenvalue weighted by molar-refractivity contribution is 0.0993. The molecule has 0 fully saturated rings. The molecule has 0 heterocycles. The molecule has 0 saturated carbocycles. The second kappa shape index (κ2) is 9.12. The summed E-state index contributed by atoms with van der Waals surface area (Å²) < 4.78 is 24.0. The average molecular weight is 348 g/mol. The molecule has 2 aromatic carbocycles. The van der Waals surface area contributed by atoms with E-state index in [0.29, 0.717) is 5.56 Å². The highest BCUT2D eigenvalue weighted by molar-refractivity contribution is 7.72. The lowest BCUT2D eigenvalue weighted by Crippen LogP contribution is -2.09. The van der Waals surface area contributed by atoms with Gasteiger partial charge in [0, 0.05) is 5.56 Å². The van der Waals surface area contributed by atoms with Crippen LogP contribution in [0.4, 0.5) is 0 Å². The van der Waals surface area contributed by atoms with Gasteiger partial charge in [0.15, 0.2) is 0 Å². The lowest BCUT2D eigenvalue weighted by atomic mass is 10.1. The van der Waals surface area contributed by atoms with Crippen molar-refractivity contribution in [1.29, 1.82) is 0 Å². The van der Waals surface area contributed by atoms with Crippen LogP contribution in [-0.4, -0.2) is 18.7 Å². The molecule has 0 aliphatic carbocycles. The van der Waals surface area contributed by atoms with Crippen molar-refractivity contribution in [1.82, 2.24) is 0 Å². The molecule has 4 nitrogen and oxygen atoms in total. The minimum absolute atomic E-state index is 0.260. The summed E-state index contributed by atoms with van der Waals surface area (Å²) >= 11 is 0. The molecule has 130 valence electrons. The maximum atomic E-state index is 13.1. The number of hydrogen-bond acceptors (Lipinski definition) is 4. The molecular weight excluding hydrogens is 323 g/mol. The van der Waals surface area contributed by atoms with E-state index in [0.717, 1.165) is 36.5 Å². The van der Waals surface area contributed by atoms with Gasteiger partial charge < -0.3 is 9.05 Å². The van der Waals surface area contributed by atoms with Crippen LogP contribution in [-0.2, 0) is 13.6 Å². The van der Waals surface area contributed by atoms with Gasteiger partial charge in [-0.1, -0.05) is 69.2 Å². The van der Waals surface area contributed by atoms with Gasteiger partial charge in [0.05, 0.1) is 13.2 Å². The van der Waals surface area contributed by atoms with Crippen LogP contribution >= 0.6 is 7.60 Å². The Balaban J connectivity index is 2.33. The Bertz CT molecular complexity index is 707. The van der Waals surface area contributed by atoms with Gasteiger partial charge in [-0.15, -0.1) is 0 Å². The van der Waals surface area contributed by atoms with Crippen molar-refractivity contribution in [3.63, 3.8) is 0 Å². The highest BCUT2D eigenvalue weighted by atomic mass is 31.2. The summed E-state index contributed by atoms with van der Waals surface area (Å²) in [6, 6.07) is 12.9. The molecule has 0 unspecified atom stereocenters. The van der Waals surface area contributed by atoms with Gasteiger partial charge in [-0.05, 0) is 23.6 Å². The van der Waals surface area contributed by atoms with Crippen LogP contribution in [0.1, 0.15) is 49.9 Å². The Morgan fingerprint density at radius 1 is 0.917 bits per heavy atom. The summed E-state index contributed by atoms with van der Waals surface area (Å²) in [5.41, 5.74) is -0.157. The van der Waals surface area contributed by atoms with Crippen molar-refractivity contribution in [2.75, 3.05) is 13.2 Å². The second-order valence-corrected chi connectivity index (χ2v) is 7.62. The molecule has 0 aromatic heterocycles. The van der Waals surface area contributed by atoms with Gasteiger partial charge in [0.1, 0.15) is 0 Å². The Hall–Kier alpha value is -1.48. The van der Waals surface area contributed by atoms with Crippen LogP contribution in [0, 0.1) is 0 Å². The van der Waals surface area contributed by atoms with E-state index >= 15 is 0 Å². The summed E-state index contributed by atoms with van der Waals surface area (Å²) in [4.78, 5) is 13.0. The molecule has 0 aliphatic rings. The summed E-state index contributed by atoms with van der Waals surface area (Å²) in [5, 5.41) is 1.69. The number of hydrogen-bond donors (Lipinski definition) is 0. The van der Waals surface area contributed by atoms with Crippen molar-refractivity contribution in [2.45, 2.75) is 39.5 Å². The maximum absolute atomic E-state index is 13.1. The first kappa shape index (κ1) is 18.9. The molecule has 0 radical (unpaired) electrons. The van der Waals surface area contributed by atoms with E-state index in [1.54, 1.807) is 12.1 Å². The zero-order chi connectivity index (χ0) is 17.4. The number of benzene rings is 2. The second-order valence-electron chi connectivity index (χ2n) is 5.70. The summed E-state index contributed by atoms with van der Waals surface area (Å²) in [7, 11) is -3.83. The minimum atomic E-state index is -3.83. The van der Waals surface area contributed by atoms with E-state index in [-0.39, 0.29) is 13.2 Å². The van der Waals surface area contributed by atoms with Crippen molar-refractivity contribution < 1.29 is 18.4 Å². The van der Waals surface area contributed by atoms with E-state index in [2.05, 4.69) is 0 Å². The quantitative estimate of drug-likeness (QED) is 0.402. The smallest absolute Gasteiger partial charge is 0.303 e. The fraction of sp³-hybridized carbons (Fsp3) is 0.421. The van der Waals surface area contributed by atoms with E-state index in [9.17, 15) is 9.36 Å². The Kier molecular flexibility index (Phi) is 7.16. The zero-order valence-electron chi connectivity index (χ0n) is 14.4. The van der Waals surface area contributed by atoms with Gasteiger partial charge in [-0.2, -0.15) is 0 Å². The third-order valence-corrected chi connectivity index (χ3v) is 5.57. The van der Waals surface area contributed by atoms with Crippen molar-refractivity contribution in [3.8, 4) is 0 Å². The molecule has 24 heavy (non-hydrogen) atoms. The highest BCUT2D eigenvalue weighted by Crippen LogP contribution is 2.52. The number of carbonyl (C=O) groups is 1. The number of carbonyl (C=O) groups excluding carboxylic acids is 1. The third-order valence-electron chi connectivity index (χ3n) is 3.79. The van der Waals surface area contributed by atoms with Crippen LogP contribution in [0.2, 0.25) is 0 Å². The Morgan fingerprint density at radius 3 is 2.12 bits per heavy atom. The molecule has 0 bridgehead atoms. The predicted molar refractivity (Wildman–Crippen MR) is 97.6 cm³/mol. The largest absolute Gasteiger partial charge is 0.401 e. The van der Waals surface area contributed by atoms with Crippen molar-refractivity contribution >= 4 is 23.9 Å². The normalized spacial score (nSPS) is 11.8. The highest BCUT2D eigenvalue weighted by Gasteiger charge is 2.36. The van der Waals surface area contributed by atoms with Gasteiger partial charge in [0.25, 0.3) is 5.52 Å².